The number of allylic oxidation sites excluding steroid dienone is 9. The van der Waals surface area contributed by atoms with Crippen LogP contribution in [0.5, 0.6) is 0 Å². The molecular weight excluding hydrogens is 360 g/mol. The summed E-state index contributed by atoms with van der Waals surface area (Å²) < 4.78 is 4.95. The van der Waals surface area contributed by atoms with Gasteiger partial charge in [-0.05, 0) is 69.4 Å². The van der Waals surface area contributed by atoms with E-state index in [-0.39, 0.29) is 17.3 Å². The van der Waals surface area contributed by atoms with Gasteiger partial charge < -0.3 is 4.74 Å². The van der Waals surface area contributed by atoms with Crippen LogP contribution in [0.15, 0.2) is 58.7 Å². The number of carbonyl (C=O) groups is 2. The van der Waals surface area contributed by atoms with Crippen LogP contribution in [0.4, 0.5) is 0 Å². The number of ether oxygens (including phenoxy) is 1. The highest BCUT2D eigenvalue weighted by atomic mass is 16.6. The van der Waals surface area contributed by atoms with Crippen LogP contribution in [-0.2, 0) is 14.3 Å². The Balaban J connectivity index is 1.91. The lowest BCUT2D eigenvalue weighted by molar-refractivity contribution is -0.159. The number of esters is 2. The number of rotatable bonds is 6. The van der Waals surface area contributed by atoms with E-state index in [1.54, 1.807) is 0 Å². The zero-order chi connectivity index (χ0) is 21.4. The second-order valence-electron chi connectivity index (χ2n) is 9.14. The average molecular weight is 397 g/mol. The predicted octanol–water partition coefficient (Wildman–Crippen LogP) is 6.78. The van der Waals surface area contributed by atoms with Crippen molar-refractivity contribution in [2.75, 3.05) is 0 Å². The van der Waals surface area contributed by atoms with Crippen molar-refractivity contribution in [3.05, 3.63) is 58.7 Å². The highest BCUT2D eigenvalue weighted by Crippen LogP contribution is 2.40. The first-order valence-electron chi connectivity index (χ1n) is 10.9. The van der Waals surface area contributed by atoms with Crippen molar-refractivity contribution in [3.63, 3.8) is 0 Å². The first kappa shape index (κ1) is 23.1. The monoisotopic (exact) mass is 396 g/mol. The van der Waals surface area contributed by atoms with Gasteiger partial charge in [-0.25, -0.2) is 4.79 Å². The summed E-state index contributed by atoms with van der Waals surface area (Å²) in [6, 6.07) is 0. The molecule has 0 saturated heterocycles. The molecule has 1 fully saturated rings. The van der Waals surface area contributed by atoms with E-state index < -0.39 is 5.97 Å². The third kappa shape index (κ3) is 7.30. The third-order valence-corrected chi connectivity index (χ3v) is 6.01. The molecule has 0 aromatic heterocycles. The topological polar surface area (TPSA) is 43.4 Å². The minimum Gasteiger partial charge on any atom is -0.390 e. The molecule has 0 bridgehead atoms. The summed E-state index contributed by atoms with van der Waals surface area (Å²) in [7, 11) is 0. The largest absolute Gasteiger partial charge is 0.390 e. The molecule has 0 aromatic carbocycles. The Hall–Kier alpha value is -2.16. The SMILES string of the molecule is CC1=C(/C=C/C(C)=C/C=C/C(C)=C/C(=O)OC(=O)C2CCCC2)C(C)(C)CCC1. The maximum Gasteiger partial charge on any atom is 0.338 e. The summed E-state index contributed by atoms with van der Waals surface area (Å²) in [6.45, 7) is 10.8. The van der Waals surface area contributed by atoms with E-state index in [1.807, 2.05) is 25.2 Å². The van der Waals surface area contributed by atoms with Crippen molar-refractivity contribution < 1.29 is 14.3 Å². The molecule has 3 nitrogen and oxygen atoms in total. The first-order valence-corrected chi connectivity index (χ1v) is 10.9. The van der Waals surface area contributed by atoms with Gasteiger partial charge in [0.1, 0.15) is 0 Å². The molecule has 29 heavy (non-hydrogen) atoms. The van der Waals surface area contributed by atoms with Gasteiger partial charge in [-0.1, -0.05) is 68.2 Å². The van der Waals surface area contributed by atoms with E-state index in [2.05, 4.69) is 39.8 Å². The van der Waals surface area contributed by atoms with E-state index in [4.69, 9.17) is 4.74 Å². The van der Waals surface area contributed by atoms with Crippen LogP contribution in [0.1, 0.15) is 79.6 Å². The summed E-state index contributed by atoms with van der Waals surface area (Å²) in [5.41, 5.74) is 5.09. The van der Waals surface area contributed by atoms with Gasteiger partial charge >= 0.3 is 11.9 Å². The molecule has 3 heteroatoms. The normalized spacial score (nSPS) is 21.4. The van der Waals surface area contributed by atoms with Crippen molar-refractivity contribution in [3.8, 4) is 0 Å². The first-order chi connectivity index (χ1) is 13.7. The van der Waals surface area contributed by atoms with Crippen LogP contribution in [-0.4, -0.2) is 11.9 Å². The summed E-state index contributed by atoms with van der Waals surface area (Å²) in [6.07, 6.45) is 19.0. The lowest BCUT2D eigenvalue weighted by atomic mass is 9.72. The second kappa shape index (κ2) is 10.6. The predicted molar refractivity (Wildman–Crippen MR) is 119 cm³/mol. The Morgan fingerprint density at radius 1 is 1.03 bits per heavy atom. The van der Waals surface area contributed by atoms with E-state index in [9.17, 15) is 9.59 Å². The second-order valence-corrected chi connectivity index (χ2v) is 9.14. The molecule has 158 valence electrons. The van der Waals surface area contributed by atoms with E-state index in [0.717, 1.165) is 36.8 Å². The fraction of sp³-hybridized carbons (Fsp3) is 0.538. The van der Waals surface area contributed by atoms with Gasteiger partial charge in [-0.2, -0.15) is 0 Å². The van der Waals surface area contributed by atoms with E-state index in [1.165, 1.54) is 36.5 Å². The third-order valence-electron chi connectivity index (χ3n) is 6.01. The average Bonchev–Trinajstić information content (AvgIpc) is 3.15. The lowest BCUT2D eigenvalue weighted by Crippen LogP contribution is -2.19. The van der Waals surface area contributed by atoms with E-state index in [0.29, 0.717) is 0 Å². The van der Waals surface area contributed by atoms with Crippen molar-refractivity contribution in [1.82, 2.24) is 0 Å². The van der Waals surface area contributed by atoms with Gasteiger partial charge in [0.25, 0.3) is 0 Å². The Bertz CT molecular complexity index is 766. The highest BCUT2D eigenvalue weighted by molar-refractivity contribution is 5.93. The molecule has 1 saturated carbocycles. The summed E-state index contributed by atoms with van der Waals surface area (Å²) in [5.74, 6) is -1.06. The quantitative estimate of drug-likeness (QED) is 0.215. The molecule has 0 radical (unpaired) electrons. The van der Waals surface area contributed by atoms with Gasteiger partial charge in [-0.15, -0.1) is 0 Å². The Kier molecular flexibility index (Phi) is 8.43. The zero-order valence-electron chi connectivity index (χ0n) is 18.7. The van der Waals surface area contributed by atoms with Crippen molar-refractivity contribution >= 4 is 11.9 Å². The van der Waals surface area contributed by atoms with Gasteiger partial charge in [0.05, 0.1) is 5.92 Å². The summed E-state index contributed by atoms with van der Waals surface area (Å²) >= 11 is 0. The van der Waals surface area contributed by atoms with Crippen LogP contribution < -0.4 is 0 Å². The maximum absolute atomic E-state index is 11.9. The molecular formula is C26H36O3. The van der Waals surface area contributed by atoms with Crippen LogP contribution in [0.2, 0.25) is 0 Å². The Morgan fingerprint density at radius 3 is 2.38 bits per heavy atom. The zero-order valence-corrected chi connectivity index (χ0v) is 18.7. The summed E-state index contributed by atoms with van der Waals surface area (Å²) in [5, 5.41) is 0. The lowest BCUT2D eigenvalue weighted by Gasteiger charge is -2.32. The molecule has 0 atom stereocenters. The molecule has 0 aromatic rings. The number of carbonyl (C=O) groups excluding carboxylic acids is 2. The molecule has 0 N–H and O–H groups in total. The van der Waals surface area contributed by atoms with Crippen LogP contribution in [0.3, 0.4) is 0 Å². The van der Waals surface area contributed by atoms with Crippen LogP contribution in [0.25, 0.3) is 0 Å². The molecule has 0 spiro atoms. The Morgan fingerprint density at radius 2 is 1.72 bits per heavy atom. The van der Waals surface area contributed by atoms with Crippen molar-refractivity contribution in [2.24, 2.45) is 11.3 Å². The maximum atomic E-state index is 11.9. The van der Waals surface area contributed by atoms with Crippen molar-refractivity contribution in [2.45, 2.75) is 79.6 Å². The number of hydrogen-bond donors (Lipinski definition) is 0. The number of hydrogen-bond acceptors (Lipinski definition) is 3. The van der Waals surface area contributed by atoms with Gasteiger partial charge in [0.15, 0.2) is 0 Å². The highest BCUT2D eigenvalue weighted by Gasteiger charge is 2.26. The van der Waals surface area contributed by atoms with E-state index >= 15 is 0 Å². The fourth-order valence-corrected chi connectivity index (χ4v) is 4.24. The smallest absolute Gasteiger partial charge is 0.338 e. The molecule has 2 aliphatic rings. The summed E-state index contributed by atoms with van der Waals surface area (Å²) in [4.78, 5) is 23.8. The molecule has 2 rings (SSSR count). The van der Waals surface area contributed by atoms with Gasteiger partial charge in [0, 0.05) is 6.08 Å². The Labute approximate surface area is 176 Å². The molecule has 0 amide bonds. The molecule has 0 aliphatic heterocycles. The molecule has 2 aliphatic carbocycles. The standard InChI is InChI=1S/C26H36O3/c1-19(15-16-23-21(3)12-9-17-26(23,4)5)10-8-11-20(2)18-24(27)29-25(28)22-13-6-7-14-22/h8,10-11,15-16,18,22H,6-7,9,12-14,17H2,1-5H3/b11-8+,16-15+,19-10+,20-18+. The molecule has 0 heterocycles. The molecule has 0 unspecified atom stereocenters. The van der Waals surface area contributed by atoms with Crippen molar-refractivity contribution in [1.29, 1.82) is 0 Å². The van der Waals surface area contributed by atoms with Gasteiger partial charge in [-0.3, -0.25) is 4.79 Å². The van der Waals surface area contributed by atoms with Crippen LogP contribution >= 0.6 is 0 Å². The minimum atomic E-state index is -0.577. The van der Waals surface area contributed by atoms with Gasteiger partial charge in [0.2, 0.25) is 0 Å². The fourth-order valence-electron chi connectivity index (χ4n) is 4.24. The minimum absolute atomic E-state index is 0.103. The van der Waals surface area contributed by atoms with Crippen LogP contribution in [0, 0.1) is 11.3 Å².